The molecule has 0 aliphatic carbocycles. The van der Waals surface area contributed by atoms with E-state index in [4.69, 9.17) is 5.73 Å². The summed E-state index contributed by atoms with van der Waals surface area (Å²) in [6.45, 7) is 2.85. The van der Waals surface area contributed by atoms with E-state index in [0.717, 1.165) is 22.3 Å². The Morgan fingerprint density at radius 2 is 2.50 bits per heavy atom. The van der Waals surface area contributed by atoms with Crippen molar-refractivity contribution in [2.24, 2.45) is 5.73 Å². The van der Waals surface area contributed by atoms with E-state index in [2.05, 4.69) is 28.2 Å². The lowest BCUT2D eigenvalue weighted by Crippen LogP contribution is -2.33. The average Bonchev–Trinajstić information content (AvgIpc) is 2.52. The topological polar surface area (TPSA) is 55.1 Å². The van der Waals surface area contributed by atoms with Crippen LogP contribution in [-0.2, 0) is 4.79 Å². The third-order valence-corrected chi connectivity index (χ3v) is 3.51. The lowest BCUT2D eigenvalue weighted by atomic mass is 10.2. The van der Waals surface area contributed by atoms with Gasteiger partial charge in [0.15, 0.2) is 0 Å². The number of hydrogen-bond donors (Lipinski definition) is 2. The lowest BCUT2D eigenvalue weighted by molar-refractivity contribution is -0.120. The van der Waals surface area contributed by atoms with Gasteiger partial charge in [0, 0.05) is 14.7 Å². The molecule has 0 saturated carbocycles. The second kappa shape index (κ2) is 5.48. The molecule has 1 atom stereocenters. The van der Waals surface area contributed by atoms with E-state index in [-0.39, 0.29) is 11.9 Å². The number of nitrogens with one attached hydrogen (secondary N) is 1. The van der Waals surface area contributed by atoms with Crippen molar-refractivity contribution >= 4 is 33.2 Å². The third kappa shape index (κ3) is 3.08. The first-order chi connectivity index (χ1) is 6.65. The Labute approximate surface area is 95.8 Å². The van der Waals surface area contributed by atoms with Gasteiger partial charge in [0.2, 0.25) is 5.91 Å². The Bertz CT molecular complexity index is 314. The molecule has 14 heavy (non-hydrogen) atoms. The summed E-state index contributed by atoms with van der Waals surface area (Å²) in [6.07, 6.45) is 0.982. The molecule has 1 amide bonds. The van der Waals surface area contributed by atoms with Gasteiger partial charge in [0.1, 0.15) is 6.04 Å². The molecule has 0 bridgehead atoms. The summed E-state index contributed by atoms with van der Waals surface area (Å²) < 4.78 is 0.988. The fraction of sp³-hybridized carbons (Fsp3) is 0.444. The van der Waals surface area contributed by atoms with Crippen LogP contribution in [0.3, 0.4) is 0 Å². The average molecular weight is 277 g/mol. The number of primary amides is 1. The van der Waals surface area contributed by atoms with E-state index in [1.165, 1.54) is 11.3 Å². The summed E-state index contributed by atoms with van der Waals surface area (Å²) in [7, 11) is 0. The molecule has 1 heterocycles. The molecule has 0 radical (unpaired) electrons. The lowest BCUT2D eigenvalue weighted by Gasteiger charge is -2.12. The van der Waals surface area contributed by atoms with Gasteiger partial charge in [0.05, 0.1) is 0 Å². The Balaban J connectivity index is 2.72. The number of nitrogens with two attached hydrogens (primary N) is 1. The Morgan fingerprint density at radius 3 is 2.93 bits per heavy atom. The first kappa shape index (κ1) is 11.7. The predicted molar refractivity (Wildman–Crippen MR) is 62.2 cm³/mol. The first-order valence-electron chi connectivity index (χ1n) is 4.41. The predicted octanol–water partition coefficient (Wildman–Crippen LogP) is 2.04. The molecule has 0 aromatic carbocycles. The summed E-state index contributed by atoms with van der Waals surface area (Å²) in [4.78, 5) is 12.1. The van der Waals surface area contributed by atoms with Crippen LogP contribution >= 0.6 is 27.3 Å². The van der Waals surface area contributed by atoms with Crippen LogP contribution in [0.5, 0.6) is 0 Å². The zero-order chi connectivity index (χ0) is 10.6. The third-order valence-electron chi connectivity index (χ3n) is 1.76. The van der Waals surface area contributed by atoms with Gasteiger partial charge in [-0.2, -0.15) is 0 Å². The van der Waals surface area contributed by atoms with Gasteiger partial charge in [0.25, 0.3) is 0 Å². The maximum atomic E-state index is 11.2. The number of thiophene rings is 1. The first-order valence-corrected chi connectivity index (χ1v) is 6.09. The minimum absolute atomic E-state index is 0.326. The zero-order valence-electron chi connectivity index (χ0n) is 7.92. The molecule has 0 aliphatic rings. The van der Waals surface area contributed by atoms with Crippen molar-refractivity contribution in [3.63, 3.8) is 0 Å². The van der Waals surface area contributed by atoms with Gasteiger partial charge >= 0.3 is 0 Å². The zero-order valence-corrected chi connectivity index (χ0v) is 10.3. The molecular formula is C9H13BrN2OS. The summed E-state index contributed by atoms with van der Waals surface area (Å²) in [5, 5.41) is 5.06. The normalized spacial score (nSPS) is 12.7. The molecule has 1 aromatic rings. The van der Waals surface area contributed by atoms with Crippen LogP contribution < -0.4 is 11.1 Å². The van der Waals surface area contributed by atoms with Gasteiger partial charge in [-0.1, -0.05) is 6.92 Å². The largest absolute Gasteiger partial charge is 0.368 e. The van der Waals surface area contributed by atoms with Gasteiger partial charge in [-0.05, 0) is 35.0 Å². The standard InChI is InChI=1S/C9H13BrN2OS/c1-2-3-12-8(9(11)13)7-4-6(10)5-14-7/h4-5,8,12H,2-3H2,1H3,(H2,11,13). The highest BCUT2D eigenvalue weighted by Crippen LogP contribution is 2.25. The van der Waals surface area contributed by atoms with E-state index < -0.39 is 0 Å². The van der Waals surface area contributed by atoms with Crippen molar-refractivity contribution < 1.29 is 4.79 Å². The van der Waals surface area contributed by atoms with Crippen LogP contribution in [0.15, 0.2) is 15.9 Å². The highest BCUT2D eigenvalue weighted by atomic mass is 79.9. The SMILES string of the molecule is CCCNC(C(N)=O)c1cc(Br)cs1. The summed E-state index contributed by atoms with van der Waals surface area (Å²) >= 11 is 4.87. The highest BCUT2D eigenvalue weighted by molar-refractivity contribution is 9.10. The number of carbonyl (C=O) groups excluding carboxylic acids is 1. The monoisotopic (exact) mass is 276 g/mol. The van der Waals surface area contributed by atoms with E-state index in [1.807, 2.05) is 11.4 Å². The smallest absolute Gasteiger partial charge is 0.239 e. The number of carbonyl (C=O) groups is 1. The second-order valence-corrected chi connectivity index (χ2v) is 4.82. The Hall–Kier alpha value is -0.390. The van der Waals surface area contributed by atoms with Gasteiger partial charge in [-0.25, -0.2) is 0 Å². The van der Waals surface area contributed by atoms with E-state index >= 15 is 0 Å². The van der Waals surface area contributed by atoms with Crippen molar-refractivity contribution in [2.75, 3.05) is 6.54 Å². The number of hydrogen-bond acceptors (Lipinski definition) is 3. The summed E-state index contributed by atoms with van der Waals surface area (Å²) in [6, 6.07) is 1.56. The molecule has 1 rings (SSSR count). The Kier molecular flexibility index (Phi) is 4.57. The molecular weight excluding hydrogens is 264 g/mol. The van der Waals surface area contributed by atoms with Gasteiger partial charge in [-0.3, -0.25) is 4.79 Å². The van der Waals surface area contributed by atoms with Crippen molar-refractivity contribution in [1.29, 1.82) is 0 Å². The molecule has 78 valence electrons. The maximum absolute atomic E-state index is 11.2. The quantitative estimate of drug-likeness (QED) is 0.865. The van der Waals surface area contributed by atoms with Crippen LogP contribution in [0.2, 0.25) is 0 Å². The fourth-order valence-electron chi connectivity index (χ4n) is 1.11. The van der Waals surface area contributed by atoms with Crippen molar-refractivity contribution in [1.82, 2.24) is 5.32 Å². The van der Waals surface area contributed by atoms with E-state index in [1.54, 1.807) is 0 Å². The number of amides is 1. The molecule has 5 heteroatoms. The minimum atomic E-state index is -0.355. The molecule has 1 aromatic heterocycles. The molecule has 0 saturated heterocycles. The number of rotatable bonds is 5. The van der Waals surface area contributed by atoms with E-state index in [9.17, 15) is 4.79 Å². The van der Waals surface area contributed by atoms with Crippen molar-refractivity contribution in [3.8, 4) is 0 Å². The van der Waals surface area contributed by atoms with E-state index in [0.29, 0.717) is 0 Å². The van der Waals surface area contributed by atoms with Crippen LogP contribution in [0, 0.1) is 0 Å². The minimum Gasteiger partial charge on any atom is -0.368 e. The Morgan fingerprint density at radius 1 is 1.79 bits per heavy atom. The van der Waals surface area contributed by atoms with Crippen molar-refractivity contribution in [2.45, 2.75) is 19.4 Å². The molecule has 0 fully saturated rings. The van der Waals surface area contributed by atoms with Gasteiger partial charge in [-0.15, -0.1) is 11.3 Å². The molecule has 3 nitrogen and oxygen atoms in total. The van der Waals surface area contributed by atoms with Crippen LogP contribution in [0.1, 0.15) is 24.3 Å². The fourth-order valence-corrected chi connectivity index (χ4v) is 2.64. The number of halogens is 1. The molecule has 3 N–H and O–H groups in total. The summed E-state index contributed by atoms with van der Waals surface area (Å²) in [5.74, 6) is -0.326. The molecule has 1 unspecified atom stereocenters. The van der Waals surface area contributed by atoms with Gasteiger partial charge < -0.3 is 11.1 Å². The molecule has 0 spiro atoms. The highest BCUT2D eigenvalue weighted by Gasteiger charge is 2.18. The van der Waals surface area contributed by atoms with Crippen molar-refractivity contribution in [3.05, 3.63) is 20.8 Å². The maximum Gasteiger partial charge on any atom is 0.239 e. The van der Waals surface area contributed by atoms with Crippen LogP contribution in [-0.4, -0.2) is 12.5 Å². The second-order valence-electron chi connectivity index (χ2n) is 2.96. The summed E-state index contributed by atoms with van der Waals surface area (Å²) in [5.41, 5.74) is 5.31. The molecule has 0 aliphatic heterocycles. The van der Waals surface area contributed by atoms with Crippen LogP contribution in [0.25, 0.3) is 0 Å². The van der Waals surface area contributed by atoms with Crippen LogP contribution in [0.4, 0.5) is 0 Å².